The van der Waals surface area contributed by atoms with Crippen LogP contribution in [0.2, 0.25) is 5.02 Å². The number of aryl methyl sites for hydroxylation is 1. The quantitative estimate of drug-likeness (QED) is 0.900. The smallest absolute Gasteiger partial charge is 0.209 e. The van der Waals surface area contributed by atoms with Gasteiger partial charge in [-0.25, -0.2) is 13.6 Å². The van der Waals surface area contributed by atoms with Gasteiger partial charge >= 0.3 is 0 Å². The van der Waals surface area contributed by atoms with Gasteiger partial charge < -0.3 is 4.74 Å². The van der Waals surface area contributed by atoms with Crippen molar-refractivity contribution in [2.45, 2.75) is 39.0 Å². The number of ether oxygens (including phenoxy) is 1. The van der Waals surface area contributed by atoms with Gasteiger partial charge in [0.05, 0.1) is 12.4 Å². The second-order valence-corrected chi connectivity index (χ2v) is 8.09. The summed E-state index contributed by atoms with van der Waals surface area (Å²) < 4.78 is 28.9. The van der Waals surface area contributed by atoms with Gasteiger partial charge in [-0.1, -0.05) is 30.9 Å². The second-order valence-electron chi connectivity index (χ2n) is 6.07. The summed E-state index contributed by atoms with van der Waals surface area (Å²) in [5.74, 6) is 0.711. The summed E-state index contributed by atoms with van der Waals surface area (Å²) in [6, 6.07) is 5.47. The molecule has 1 aromatic rings. The topological polar surface area (TPSA) is 69.4 Å². The zero-order chi connectivity index (χ0) is 15.5. The highest BCUT2D eigenvalue weighted by molar-refractivity contribution is 7.89. The molecule has 0 aliphatic heterocycles. The maximum atomic E-state index is 11.5. The molecule has 118 valence electrons. The molecule has 4 nitrogen and oxygen atoms in total. The Morgan fingerprint density at radius 3 is 2.52 bits per heavy atom. The first-order valence-electron chi connectivity index (χ1n) is 7.19. The largest absolute Gasteiger partial charge is 0.493 e. The summed E-state index contributed by atoms with van der Waals surface area (Å²) >= 11 is 5.99. The van der Waals surface area contributed by atoms with E-state index in [9.17, 15) is 8.42 Å². The molecule has 0 atom stereocenters. The van der Waals surface area contributed by atoms with E-state index < -0.39 is 10.0 Å². The number of nitrogens with two attached hydrogens (primary N) is 1. The minimum atomic E-state index is -3.50. The van der Waals surface area contributed by atoms with Crippen LogP contribution in [0.15, 0.2) is 18.2 Å². The molecule has 0 heterocycles. The summed E-state index contributed by atoms with van der Waals surface area (Å²) in [7, 11) is -3.50. The molecule has 1 fully saturated rings. The molecule has 1 aliphatic carbocycles. The van der Waals surface area contributed by atoms with Gasteiger partial charge in [0.1, 0.15) is 5.75 Å². The number of rotatable bonds is 5. The highest BCUT2D eigenvalue weighted by Crippen LogP contribution is 2.38. The molecule has 1 aromatic carbocycles. The normalized spacial score (nSPS) is 18.4. The number of sulfonamides is 1. The predicted molar refractivity (Wildman–Crippen MR) is 85.2 cm³/mol. The zero-order valence-corrected chi connectivity index (χ0v) is 13.8. The minimum Gasteiger partial charge on any atom is -0.493 e. The van der Waals surface area contributed by atoms with Crippen LogP contribution in [0.5, 0.6) is 5.75 Å². The van der Waals surface area contributed by atoms with E-state index in [0.717, 1.165) is 43.4 Å². The summed E-state index contributed by atoms with van der Waals surface area (Å²) in [4.78, 5) is 0. The molecule has 1 saturated carbocycles. The molecular formula is C15H22ClNO3S. The lowest BCUT2D eigenvalue weighted by atomic mass is 9.76. The van der Waals surface area contributed by atoms with Crippen molar-refractivity contribution in [3.8, 4) is 5.75 Å². The van der Waals surface area contributed by atoms with Crippen LogP contribution in [0.4, 0.5) is 0 Å². The Morgan fingerprint density at radius 2 is 1.95 bits per heavy atom. The number of hydrogen-bond donors (Lipinski definition) is 1. The molecule has 0 saturated heterocycles. The average molecular weight is 332 g/mol. The molecule has 2 rings (SSSR count). The Bertz CT molecular complexity index is 595. The van der Waals surface area contributed by atoms with E-state index in [1.165, 1.54) is 0 Å². The van der Waals surface area contributed by atoms with E-state index in [2.05, 4.69) is 0 Å². The van der Waals surface area contributed by atoms with Crippen LogP contribution in [0.1, 0.15) is 37.7 Å². The van der Waals surface area contributed by atoms with Crippen LogP contribution >= 0.6 is 11.6 Å². The van der Waals surface area contributed by atoms with Gasteiger partial charge in [0, 0.05) is 10.4 Å². The third kappa shape index (κ3) is 4.87. The number of halogens is 1. The molecule has 6 heteroatoms. The molecule has 0 radical (unpaired) electrons. The van der Waals surface area contributed by atoms with Gasteiger partial charge in [-0.2, -0.15) is 0 Å². The molecule has 0 unspecified atom stereocenters. The predicted octanol–water partition coefficient (Wildman–Crippen LogP) is 3.27. The van der Waals surface area contributed by atoms with Crippen molar-refractivity contribution >= 4 is 21.6 Å². The van der Waals surface area contributed by atoms with Crippen molar-refractivity contribution < 1.29 is 13.2 Å². The van der Waals surface area contributed by atoms with Gasteiger partial charge in [0.2, 0.25) is 10.0 Å². The Balaban J connectivity index is 2.10. The van der Waals surface area contributed by atoms with E-state index in [0.29, 0.717) is 11.6 Å². The number of hydrogen-bond acceptors (Lipinski definition) is 3. The summed E-state index contributed by atoms with van der Waals surface area (Å²) in [5, 5.41) is 5.96. The maximum absolute atomic E-state index is 11.5. The third-order valence-corrected chi connectivity index (χ3v) is 5.53. The first-order valence-corrected chi connectivity index (χ1v) is 9.29. The van der Waals surface area contributed by atoms with Crippen LogP contribution in [0.3, 0.4) is 0 Å². The van der Waals surface area contributed by atoms with Crippen molar-refractivity contribution in [1.29, 1.82) is 0 Å². The average Bonchev–Trinajstić information content (AvgIpc) is 2.39. The van der Waals surface area contributed by atoms with E-state index >= 15 is 0 Å². The summed E-state index contributed by atoms with van der Waals surface area (Å²) in [6.07, 6.45) is 4.88. The fourth-order valence-electron chi connectivity index (χ4n) is 3.00. The standard InChI is InChI=1S/C15H22ClNO3S/c1-12-9-13(5-6-14(12)16)20-10-15(11-21(17,18)19)7-3-2-4-8-15/h5-6,9H,2-4,7-8,10-11H2,1H3,(H2,17,18,19). The Hall–Kier alpha value is -0.780. The molecule has 21 heavy (non-hydrogen) atoms. The van der Waals surface area contributed by atoms with Crippen molar-refractivity contribution in [2.24, 2.45) is 10.6 Å². The fourth-order valence-corrected chi connectivity index (χ4v) is 4.35. The van der Waals surface area contributed by atoms with E-state index in [-0.39, 0.29) is 11.2 Å². The summed E-state index contributed by atoms with van der Waals surface area (Å²) in [6.45, 7) is 2.29. The van der Waals surface area contributed by atoms with E-state index in [4.69, 9.17) is 21.5 Å². The van der Waals surface area contributed by atoms with E-state index in [1.54, 1.807) is 6.07 Å². The molecule has 0 bridgehead atoms. The highest BCUT2D eigenvalue weighted by Gasteiger charge is 2.36. The van der Waals surface area contributed by atoms with Gasteiger partial charge in [-0.15, -0.1) is 0 Å². The van der Waals surface area contributed by atoms with Crippen molar-refractivity contribution in [1.82, 2.24) is 0 Å². The summed E-state index contributed by atoms with van der Waals surface area (Å²) in [5.41, 5.74) is 0.581. The van der Waals surface area contributed by atoms with Crippen LogP contribution in [0.25, 0.3) is 0 Å². The minimum absolute atomic E-state index is 0.00737. The molecule has 0 aromatic heterocycles. The lowest BCUT2D eigenvalue weighted by Crippen LogP contribution is -2.40. The first kappa shape index (κ1) is 16.6. The zero-order valence-electron chi connectivity index (χ0n) is 12.3. The van der Waals surface area contributed by atoms with Crippen LogP contribution in [-0.2, 0) is 10.0 Å². The highest BCUT2D eigenvalue weighted by atomic mass is 35.5. The number of benzene rings is 1. The maximum Gasteiger partial charge on any atom is 0.209 e. The van der Waals surface area contributed by atoms with Crippen molar-refractivity contribution in [3.63, 3.8) is 0 Å². The van der Waals surface area contributed by atoms with Crippen LogP contribution in [-0.4, -0.2) is 20.8 Å². The lowest BCUT2D eigenvalue weighted by Gasteiger charge is -2.36. The first-order chi connectivity index (χ1) is 9.80. The molecule has 2 N–H and O–H groups in total. The second kappa shape index (κ2) is 6.55. The monoisotopic (exact) mass is 331 g/mol. The molecule has 0 amide bonds. The third-order valence-electron chi connectivity index (χ3n) is 4.10. The molecular weight excluding hydrogens is 310 g/mol. The van der Waals surface area contributed by atoms with Crippen molar-refractivity contribution in [3.05, 3.63) is 28.8 Å². The van der Waals surface area contributed by atoms with Crippen LogP contribution in [0, 0.1) is 12.3 Å². The van der Waals surface area contributed by atoms with Gasteiger partial charge in [-0.3, -0.25) is 0 Å². The molecule has 0 spiro atoms. The Labute approximate surface area is 131 Å². The van der Waals surface area contributed by atoms with Gasteiger partial charge in [0.15, 0.2) is 0 Å². The fraction of sp³-hybridized carbons (Fsp3) is 0.600. The Morgan fingerprint density at radius 1 is 1.29 bits per heavy atom. The van der Waals surface area contributed by atoms with E-state index in [1.807, 2.05) is 19.1 Å². The van der Waals surface area contributed by atoms with Gasteiger partial charge in [-0.05, 0) is 43.5 Å². The SMILES string of the molecule is Cc1cc(OCC2(CS(N)(=O)=O)CCCCC2)ccc1Cl. The van der Waals surface area contributed by atoms with Crippen molar-refractivity contribution in [2.75, 3.05) is 12.4 Å². The Kier molecular flexibility index (Phi) is 5.17. The lowest BCUT2D eigenvalue weighted by molar-refractivity contribution is 0.118. The molecule has 1 aliphatic rings. The van der Waals surface area contributed by atoms with Gasteiger partial charge in [0.25, 0.3) is 0 Å². The van der Waals surface area contributed by atoms with Crippen LogP contribution < -0.4 is 9.88 Å². The number of primary sulfonamides is 1.